The molecule has 3 heteroatoms. The number of carbonyl (C=O) groups excluding carboxylic acids is 1. The van der Waals surface area contributed by atoms with E-state index in [2.05, 4.69) is 17.6 Å². The average Bonchev–Trinajstić information content (AvgIpc) is 2.47. The second-order valence-electron chi connectivity index (χ2n) is 5.30. The molecule has 0 aromatic heterocycles. The van der Waals surface area contributed by atoms with Gasteiger partial charge in [0.1, 0.15) is 0 Å². The SMILES string of the molecule is CCCCCCCCNC(=O)NC(C)c1ccccc1. The van der Waals surface area contributed by atoms with E-state index in [0.29, 0.717) is 0 Å². The number of unbranched alkanes of at least 4 members (excludes halogenated alkanes) is 5. The van der Waals surface area contributed by atoms with Crippen LogP contribution in [0.1, 0.15) is 64.0 Å². The van der Waals surface area contributed by atoms with Gasteiger partial charge in [-0.25, -0.2) is 4.79 Å². The van der Waals surface area contributed by atoms with Gasteiger partial charge in [-0.2, -0.15) is 0 Å². The summed E-state index contributed by atoms with van der Waals surface area (Å²) in [7, 11) is 0. The fraction of sp³-hybridized carbons (Fsp3) is 0.588. The second kappa shape index (κ2) is 10.3. The predicted octanol–water partition coefficient (Wildman–Crippen LogP) is 4.41. The first-order valence-corrected chi connectivity index (χ1v) is 7.83. The van der Waals surface area contributed by atoms with Gasteiger partial charge in [0.2, 0.25) is 0 Å². The smallest absolute Gasteiger partial charge is 0.315 e. The van der Waals surface area contributed by atoms with Gasteiger partial charge in [0.05, 0.1) is 6.04 Å². The third-order valence-electron chi connectivity index (χ3n) is 3.46. The zero-order valence-corrected chi connectivity index (χ0v) is 12.8. The first kappa shape index (κ1) is 16.5. The van der Waals surface area contributed by atoms with Crippen molar-refractivity contribution in [1.82, 2.24) is 10.6 Å². The molecule has 1 atom stereocenters. The van der Waals surface area contributed by atoms with Crippen LogP contribution in [0.2, 0.25) is 0 Å². The van der Waals surface area contributed by atoms with E-state index in [1.165, 1.54) is 32.1 Å². The highest BCUT2D eigenvalue weighted by atomic mass is 16.2. The van der Waals surface area contributed by atoms with E-state index in [1.54, 1.807) is 0 Å². The normalized spacial score (nSPS) is 11.9. The summed E-state index contributed by atoms with van der Waals surface area (Å²) in [6.45, 7) is 4.99. The zero-order chi connectivity index (χ0) is 14.6. The minimum Gasteiger partial charge on any atom is -0.338 e. The molecule has 20 heavy (non-hydrogen) atoms. The maximum absolute atomic E-state index is 11.7. The van der Waals surface area contributed by atoms with Crippen LogP contribution in [0.3, 0.4) is 0 Å². The van der Waals surface area contributed by atoms with Crippen molar-refractivity contribution in [2.45, 2.75) is 58.4 Å². The number of hydrogen-bond donors (Lipinski definition) is 2. The Bertz CT molecular complexity index is 365. The molecule has 1 aromatic carbocycles. The van der Waals surface area contributed by atoms with E-state index in [4.69, 9.17) is 0 Å². The van der Waals surface area contributed by atoms with Gasteiger partial charge in [-0.15, -0.1) is 0 Å². The van der Waals surface area contributed by atoms with Gasteiger partial charge in [0.15, 0.2) is 0 Å². The highest BCUT2D eigenvalue weighted by Crippen LogP contribution is 2.10. The predicted molar refractivity (Wildman–Crippen MR) is 84.8 cm³/mol. The molecule has 1 rings (SSSR count). The van der Waals surface area contributed by atoms with Gasteiger partial charge < -0.3 is 10.6 Å². The first-order valence-electron chi connectivity index (χ1n) is 7.83. The van der Waals surface area contributed by atoms with Gasteiger partial charge >= 0.3 is 6.03 Å². The Balaban J connectivity index is 2.08. The Morgan fingerprint density at radius 3 is 2.40 bits per heavy atom. The molecule has 0 heterocycles. The number of rotatable bonds is 9. The van der Waals surface area contributed by atoms with E-state index >= 15 is 0 Å². The largest absolute Gasteiger partial charge is 0.338 e. The minimum atomic E-state index is -0.0742. The van der Waals surface area contributed by atoms with Gasteiger partial charge in [-0.1, -0.05) is 69.4 Å². The van der Waals surface area contributed by atoms with Crippen LogP contribution >= 0.6 is 0 Å². The van der Waals surface area contributed by atoms with Gasteiger partial charge in [-0.3, -0.25) is 0 Å². The molecular formula is C17H28N2O. The highest BCUT2D eigenvalue weighted by Gasteiger charge is 2.07. The molecule has 0 radical (unpaired) electrons. The van der Waals surface area contributed by atoms with Gasteiger partial charge in [-0.05, 0) is 18.9 Å². The summed E-state index contributed by atoms with van der Waals surface area (Å²) in [5.74, 6) is 0. The lowest BCUT2D eigenvalue weighted by atomic mass is 10.1. The Kier molecular flexibility index (Phi) is 8.52. The van der Waals surface area contributed by atoms with Crippen molar-refractivity contribution in [2.24, 2.45) is 0 Å². The van der Waals surface area contributed by atoms with Gasteiger partial charge in [0, 0.05) is 6.54 Å². The molecule has 0 saturated heterocycles. The van der Waals surface area contributed by atoms with Crippen molar-refractivity contribution in [3.05, 3.63) is 35.9 Å². The zero-order valence-electron chi connectivity index (χ0n) is 12.8. The van der Waals surface area contributed by atoms with Crippen LogP contribution in [0, 0.1) is 0 Å². The molecule has 0 saturated carbocycles. The van der Waals surface area contributed by atoms with Crippen LogP contribution in [0.15, 0.2) is 30.3 Å². The first-order chi connectivity index (χ1) is 9.74. The van der Waals surface area contributed by atoms with Crippen LogP contribution in [0.4, 0.5) is 4.79 Å². The molecule has 1 aromatic rings. The number of hydrogen-bond acceptors (Lipinski definition) is 1. The van der Waals surface area contributed by atoms with Crippen molar-refractivity contribution in [1.29, 1.82) is 0 Å². The van der Waals surface area contributed by atoms with Crippen molar-refractivity contribution >= 4 is 6.03 Å². The molecule has 0 fully saturated rings. The third kappa shape index (κ3) is 7.17. The summed E-state index contributed by atoms with van der Waals surface area (Å²) in [6, 6.07) is 9.98. The number of amides is 2. The van der Waals surface area contributed by atoms with Crippen molar-refractivity contribution in [2.75, 3.05) is 6.54 Å². The lowest BCUT2D eigenvalue weighted by molar-refractivity contribution is 0.237. The Morgan fingerprint density at radius 1 is 1.05 bits per heavy atom. The Hall–Kier alpha value is -1.51. The van der Waals surface area contributed by atoms with E-state index in [0.717, 1.165) is 18.5 Å². The maximum Gasteiger partial charge on any atom is 0.315 e. The summed E-state index contributed by atoms with van der Waals surface area (Å²) in [5.41, 5.74) is 1.13. The Morgan fingerprint density at radius 2 is 1.70 bits per heavy atom. The second-order valence-corrected chi connectivity index (χ2v) is 5.30. The van der Waals surface area contributed by atoms with Crippen molar-refractivity contribution < 1.29 is 4.79 Å². The summed E-state index contributed by atoms with van der Waals surface area (Å²) in [6.07, 6.45) is 7.46. The molecule has 0 bridgehead atoms. The van der Waals surface area contributed by atoms with Crippen LogP contribution in [0.5, 0.6) is 0 Å². The molecule has 2 N–H and O–H groups in total. The van der Waals surface area contributed by atoms with Crippen LogP contribution in [-0.2, 0) is 0 Å². The van der Waals surface area contributed by atoms with E-state index < -0.39 is 0 Å². The molecule has 0 spiro atoms. The van der Waals surface area contributed by atoms with Crippen LogP contribution < -0.4 is 10.6 Å². The van der Waals surface area contributed by atoms with E-state index in [9.17, 15) is 4.79 Å². The molecule has 1 unspecified atom stereocenters. The quantitative estimate of drug-likeness (QED) is 0.645. The fourth-order valence-electron chi connectivity index (χ4n) is 2.18. The molecule has 3 nitrogen and oxygen atoms in total. The fourth-order valence-corrected chi connectivity index (χ4v) is 2.18. The van der Waals surface area contributed by atoms with Crippen molar-refractivity contribution in [3.63, 3.8) is 0 Å². The van der Waals surface area contributed by atoms with Gasteiger partial charge in [0.25, 0.3) is 0 Å². The molecule has 0 aliphatic heterocycles. The number of urea groups is 1. The number of nitrogens with one attached hydrogen (secondary N) is 2. The van der Waals surface area contributed by atoms with Crippen molar-refractivity contribution in [3.8, 4) is 0 Å². The van der Waals surface area contributed by atoms with Crippen LogP contribution in [0.25, 0.3) is 0 Å². The monoisotopic (exact) mass is 276 g/mol. The molecule has 0 aliphatic carbocycles. The van der Waals surface area contributed by atoms with Crippen LogP contribution in [-0.4, -0.2) is 12.6 Å². The van der Waals surface area contributed by atoms with E-state index in [-0.39, 0.29) is 12.1 Å². The maximum atomic E-state index is 11.7. The number of benzene rings is 1. The highest BCUT2D eigenvalue weighted by molar-refractivity contribution is 5.74. The topological polar surface area (TPSA) is 41.1 Å². The molecule has 112 valence electrons. The number of carbonyl (C=O) groups is 1. The van der Waals surface area contributed by atoms with E-state index in [1.807, 2.05) is 37.3 Å². The molecule has 2 amide bonds. The lowest BCUT2D eigenvalue weighted by Crippen LogP contribution is -2.37. The standard InChI is InChI=1S/C17H28N2O/c1-3-4-5-6-7-11-14-18-17(20)19-15(2)16-12-9-8-10-13-16/h8-10,12-13,15H,3-7,11,14H2,1-2H3,(H2,18,19,20). The molecular weight excluding hydrogens is 248 g/mol. The lowest BCUT2D eigenvalue weighted by Gasteiger charge is -2.15. The summed E-state index contributed by atoms with van der Waals surface area (Å²) >= 11 is 0. The summed E-state index contributed by atoms with van der Waals surface area (Å²) in [5, 5.41) is 5.88. The average molecular weight is 276 g/mol. The minimum absolute atomic E-state index is 0.0424. The summed E-state index contributed by atoms with van der Waals surface area (Å²) in [4.78, 5) is 11.7. The molecule has 0 aliphatic rings. The third-order valence-corrected chi connectivity index (χ3v) is 3.46. The summed E-state index contributed by atoms with van der Waals surface area (Å²) < 4.78 is 0. The Labute approximate surface area is 123 Å².